The fourth-order valence-electron chi connectivity index (χ4n) is 4.62. The van der Waals surface area contributed by atoms with Crippen LogP contribution >= 0.6 is 11.6 Å². The number of benzene rings is 4. The van der Waals surface area contributed by atoms with Crippen molar-refractivity contribution in [3.63, 3.8) is 0 Å². The lowest BCUT2D eigenvalue weighted by Gasteiger charge is -2.33. The van der Waals surface area contributed by atoms with E-state index in [4.69, 9.17) is 16.3 Å². The first kappa shape index (κ1) is 31.6. The maximum absolute atomic E-state index is 14.3. The summed E-state index contributed by atoms with van der Waals surface area (Å²) in [5.74, 6) is -0.385. The molecule has 224 valence electrons. The molecule has 2 amide bonds. The van der Waals surface area contributed by atoms with E-state index in [9.17, 15) is 18.0 Å². The van der Waals surface area contributed by atoms with Gasteiger partial charge in [0.15, 0.2) is 0 Å². The van der Waals surface area contributed by atoms with Crippen LogP contribution in [0.1, 0.15) is 16.7 Å². The van der Waals surface area contributed by atoms with Crippen molar-refractivity contribution in [3.8, 4) is 5.75 Å². The molecule has 0 bridgehead atoms. The minimum Gasteiger partial charge on any atom is -0.497 e. The van der Waals surface area contributed by atoms with Gasteiger partial charge in [0.1, 0.15) is 18.3 Å². The van der Waals surface area contributed by atoms with Crippen LogP contribution in [-0.4, -0.2) is 51.9 Å². The monoisotopic (exact) mass is 619 g/mol. The predicted molar refractivity (Wildman–Crippen MR) is 169 cm³/mol. The van der Waals surface area contributed by atoms with Gasteiger partial charge in [0.05, 0.1) is 17.7 Å². The van der Waals surface area contributed by atoms with Crippen LogP contribution in [0.5, 0.6) is 5.75 Å². The number of sulfonamides is 1. The highest BCUT2D eigenvalue weighted by molar-refractivity contribution is 7.92. The van der Waals surface area contributed by atoms with Crippen molar-refractivity contribution in [1.29, 1.82) is 0 Å². The number of hydrogen-bond acceptors (Lipinski definition) is 5. The van der Waals surface area contributed by atoms with Crippen LogP contribution < -0.4 is 14.4 Å². The molecule has 0 aliphatic heterocycles. The zero-order valence-electron chi connectivity index (χ0n) is 24.2. The summed E-state index contributed by atoms with van der Waals surface area (Å²) in [6.07, 6.45) is 0.229. The molecule has 0 aliphatic carbocycles. The molecular formula is C33H34ClN3O5S. The van der Waals surface area contributed by atoms with Crippen molar-refractivity contribution < 1.29 is 22.7 Å². The van der Waals surface area contributed by atoms with Crippen LogP contribution in [-0.2, 0) is 32.6 Å². The van der Waals surface area contributed by atoms with E-state index in [1.54, 1.807) is 60.7 Å². The van der Waals surface area contributed by atoms with Gasteiger partial charge in [0.2, 0.25) is 11.8 Å². The topological polar surface area (TPSA) is 96.0 Å². The zero-order chi connectivity index (χ0) is 31.0. The van der Waals surface area contributed by atoms with Gasteiger partial charge in [-0.1, -0.05) is 71.8 Å². The number of carbonyl (C=O) groups is 2. The number of anilines is 1. The van der Waals surface area contributed by atoms with E-state index >= 15 is 0 Å². The molecule has 4 aromatic rings. The minimum absolute atomic E-state index is 0.0399. The number of amides is 2. The molecule has 1 atom stereocenters. The Balaban J connectivity index is 1.78. The van der Waals surface area contributed by atoms with E-state index < -0.39 is 28.5 Å². The maximum atomic E-state index is 14.3. The summed E-state index contributed by atoms with van der Waals surface area (Å²) in [5, 5.41) is 3.21. The zero-order valence-corrected chi connectivity index (χ0v) is 25.8. The van der Waals surface area contributed by atoms with Crippen LogP contribution in [0.4, 0.5) is 5.69 Å². The Hall–Kier alpha value is -4.34. The van der Waals surface area contributed by atoms with Crippen molar-refractivity contribution in [1.82, 2.24) is 10.2 Å². The number of likely N-dealkylation sites (N-methyl/N-ethyl adjacent to an activating group) is 1. The SMILES string of the molecule is CNC(=O)[C@@H](Cc1ccccc1)N(Cc1ccc(Cl)cc1)C(=O)CN(c1ccc(OC)cc1)S(=O)(=O)c1ccc(C)cc1. The van der Waals surface area contributed by atoms with Crippen molar-refractivity contribution in [3.05, 3.63) is 125 Å². The van der Waals surface area contributed by atoms with Gasteiger partial charge >= 0.3 is 0 Å². The van der Waals surface area contributed by atoms with E-state index in [-0.39, 0.29) is 29.5 Å². The van der Waals surface area contributed by atoms with E-state index in [2.05, 4.69) is 5.32 Å². The van der Waals surface area contributed by atoms with Gasteiger partial charge in [-0.25, -0.2) is 8.42 Å². The Labute approximate surface area is 257 Å². The number of ether oxygens (including phenoxy) is 1. The van der Waals surface area contributed by atoms with E-state index in [1.807, 2.05) is 37.3 Å². The number of carbonyl (C=O) groups excluding carboxylic acids is 2. The largest absolute Gasteiger partial charge is 0.497 e. The molecule has 8 nitrogen and oxygen atoms in total. The van der Waals surface area contributed by atoms with Gasteiger partial charge in [0.25, 0.3) is 10.0 Å². The molecule has 4 aromatic carbocycles. The van der Waals surface area contributed by atoms with Crippen molar-refractivity contribution in [2.24, 2.45) is 0 Å². The maximum Gasteiger partial charge on any atom is 0.264 e. The molecule has 0 radical (unpaired) electrons. The standard InChI is InChI=1S/C33H34ClN3O5S/c1-24-9-19-30(20-10-24)43(40,41)37(28-15-17-29(42-3)18-16-28)23-32(38)36(22-26-11-13-27(34)14-12-26)31(33(39)35-2)21-25-7-5-4-6-8-25/h4-20,31H,21-23H2,1-3H3,(H,35,39)/t31-/m1/s1. The molecule has 0 unspecified atom stereocenters. The number of rotatable bonds is 12. The lowest BCUT2D eigenvalue weighted by molar-refractivity contribution is -0.139. The summed E-state index contributed by atoms with van der Waals surface area (Å²) in [6, 6.07) is 28.3. The second-order valence-corrected chi connectivity index (χ2v) is 12.3. The molecule has 0 spiro atoms. The van der Waals surface area contributed by atoms with Crippen LogP contribution in [0.3, 0.4) is 0 Å². The third kappa shape index (κ3) is 7.94. The minimum atomic E-state index is -4.18. The molecule has 1 N–H and O–H groups in total. The third-order valence-corrected chi connectivity index (χ3v) is 9.07. The fraction of sp³-hybridized carbons (Fsp3) is 0.212. The average molecular weight is 620 g/mol. The highest BCUT2D eigenvalue weighted by Gasteiger charge is 2.34. The smallest absolute Gasteiger partial charge is 0.264 e. The van der Waals surface area contributed by atoms with Crippen molar-refractivity contribution >= 4 is 39.1 Å². The number of hydrogen-bond donors (Lipinski definition) is 1. The number of nitrogens with zero attached hydrogens (tertiary/aromatic N) is 2. The number of methoxy groups -OCH3 is 1. The number of aryl methyl sites for hydroxylation is 1. The Morgan fingerprint density at radius 2 is 1.49 bits per heavy atom. The Kier molecular flexibility index (Phi) is 10.4. The second-order valence-electron chi connectivity index (χ2n) is 9.99. The van der Waals surface area contributed by atoms with E-state index in [0.717, 1.165) is 21.0 Å². The van der Waals surface area contributed by atoms with E-state index in [1.165, 1.54) is 31.2 Å². The molecule has 43 heavy (non-hydrogen) atoms. The molecule has 0 heterocycles. The van der Waals surface area contributed by atoms with Gasteiger partial charge in [-0.2, -0.15) is 0 Å². The number of halogens is 1. The molecule has 10 heteroatoms. The quantitative estimate of drug-likeness (QED) is 0.234. The van der Waals surface area contributed by atoms with Gasteiger partial charge in [-0.15, -0.1) is 0 Å². The van der Waals surface area contributed by atoms with Gasteiger partial charge in [-0.05, 0) is 66.6 Å². The Morgan fingerprint density at radius 1 is 0.860 bits per heavy atom. The fourth-order valence-corrected chi connectivity index (χ4v) is 6.16. The summed E-state index contributed by atoms with van der Waals surface area (Å²) >= 11 is 6.10. The lowest BCUT2D eigenvalue weighted by Crippen LogP contribution is -2.53. The molecule has 0 saturated carbocycles. The normalized spacial score (nSPS) is 11.8. The highest BCUT2D eigenvalue weighted by Crippen LogP contribution is 2.27. The van der Waals surface area contributed by atoms with Crippen molar-refractivity contribution in [2.45, 2.75) is 30.8 Å². The van der Waals surface area contributed by atoms with Crippen LogP contribution in [0, 0.1) is 6.92 Å². The molecule has 0 aliphatic rings. The van der Waals surface area contributed by atoms with Gasteiger partial charge in [-0.3, -0.25) is 13.9 Å². The predicted octanol–water partition coefficient (Wildman–Crippen LogP) is 5.24. The first-order chi connectivity index (χ1) is 20.6. The lowest BCUT2D eigenvalue weighted by atomic mass is 10.0. The summed E-state index contributed by atoms with van der Waals surface area (Å²) in [4.78, 5) is 29.1. The first-order valence-electron chi connectivity index (χ1n) is 13.6. The third-order valence-electron chi connectivity index (χ3n) is 7.03. The average Bonchev–Trinajstić information content (AvgIpc) is 3.02. The molecular weight excluding hydrogens is 586 g/mol. The van der Waals surface area contributed by atoms with Crippen molar-refractivity contribution in [2.75, 3.05) is 25.0 Å². The number of nitrogens with one attached hydrogen (secondary N) is 1. The first-order valence-corrected chi connectivity index (χ1v) is 15.5. The van der Waals surface area contributed by atoms with Gasteiger partial charge < -0.3 is 15.0 Å². The van der Waals surface area contributed by atoms with Crippen LogP contribution in [0.25, 0.3) is 0 Å². The summed E-state index contributed by atoms with van der Waals surface area (Å²) in [5.41, 5.74) is 2.76. The molecule has 0 saturated heterocycles. The highest BCUT2D eigenvalue weighted by atomic mass is 35.5. The van der Waals surface area contributed by atoms with Crippen LogP contribution in [0.2, 0.25) is 5.02 Å². The van der Waals surface area contributed by atoms with Gasteiger partial charge in [0, 0.05) is 25.0 Å². The molecule has 0 aromatic heterocycles. The van der Waals surface area contributed by atoms with E-state index in [0.29, 0.717) is 10.8 Å². The second kappa shape index (κ2) is 14.2. The molecule has 0 fully saturated rings. The summed E-state index contributed by atoms with van der Waals surface area (Å²) in [7, 11) is -1.16. The van der Waals surface area contributed by atoms with Crippen LogP contribution in [0.15, 0.2) is 108 Å². The molecule has 4 rings (SSSR count). The Bertz CT molecular complexity index is 1630. The Morgan fingerprint density at radius 3 is 2.07 bits per heavy atom. The summed E-state index contributed by atoms with van der Waals surface area (Å²) in [6.45, 7) is 1.38. The summed E-state index contributed by atoms with van der Waals surface area (Å²) < 4.78 is 34.4.